The van der Waals surface area contributed by atoms with Crippen LogP contribution < -0.4 is 5.73 Å². The highest BCUT2D eigenvalue weighted by atomic mass is 35.5. The fourth-order valence-corrected chi connectivity index (χ4v) is 3.11. The van der Waals surface area contributed by atoms with E-state index < -0.39 is 0 Å². The molecule has 9 heteroatoms. The summed E-state index contributed by atoms with van der Waals surface area (Å²) in [5.74, 6) is 1.12. The Morgan fingerprint density at radius 3 is 2.69 bits per heavy atom. The second kappa shape index (κ2) is 7.86. The lowest BCUT2D eigenvalue weighted by atomic mass is 10.2. The largest absolute Gasteiger partial charge is 0.351 e. The molecule has 26 heavy (non-hydrogen) atoms. The van der Waals surface area contributed by atoms with Crippen molar-refractivity contribution in [1.82, 2.24) is 24.9 Å². The Morgan fingerprint density at radius 1 is 1.23 bits per heavy atom. The van der Waals surface area contributed by atoms with Crippen molar-refractivity contribution in [3.8, 4) is 0 Å². The standard InChI is InChI=1S/C17H20N6O2.ClH/c18-10-16-20-15(21-25-16)11-22-5-7-23(8-6-22)17(24)14-9-12-3-1-2-4-13(12)19-14;/h1-4,9,19H,5-8,10-11,18H2;1H. The van der Waals surface area contributed by atoms with Gasteiger partial charge in [0.05, 0.1) is 13.1 Å². The van der Waals surface area contributed by atoms with Crippen molar-refractivity contribution in [3.63, 3.8) is 0 Å². The molecule has 138 valence electrons. The van der Waals surface area contributed by atoms with E-state index in [2.05, 4.69) is 20.0 Å². The van der Waals surface area contributed by atoms with Crippen molar-refractivity contribution in [2.75, 3.05) is 26.2 Å². The summed E-state index contributed by atoms with van der Waals surface area (Å²) in [5.41, 5.74) is 7.10. The molecular weight excluding hydrogens is 356 g/mol. The van der Waals surface area contributed by atoms with E-state index in [0.717, 1.165) is 24.0 Å². The summed E-state index contributed by atoms with van der Waals surface area (Å²) in [6.07, 6.45) is 0. The number of rotatable bonds is 4. The van der Waals surface area contributed by atoms with E-state index >= 15 is 0 Å². The van der Waals surface area contributed by atoms with Gasteiger partial charge in [-0.25, -0.2) is 0 Å². The number of carbonyl (C=O) groups excluding carboxylic acids is 1. The average Bonchev–Trinajstić information content (AvgIpc) is 3.28. The van der Waals surface area contributed by atoms with Gasteiger partial charge in [-0.3, -0.25) is 9.69 Å². The van der Waals surface area contributed by atoms with E-state index in [1.807, 2.05) is 35.2 Å². The summed E-state index contributed by atoms with van der Waals surface area (Å²) >= 11 is 0. The minimum Gasteiger partial charge on any atom is -0.351 e. The Morgan fingerprint density at radius 2 is 2.00 bits per heavy atom. The Kier molecular flexibility index (Phi) is 5.55. The summed E-state index contributed by atoms with van der Waals surface area (Å²) in [5, 5.41) is 4.97. The van der Waals surface area contributed by atoms with Crippen LogP contribution in [0.15, 0.2) is 34.9 Å². The van der Waals surface area contributed by atoms with Crippen molar-refractivity contribution in [2.24, 2.45) is 5.73 Å². The number of hydrogen-bond donors (Lipinski definition) is 2. The third-order valence-corrected chi connectivity index (χ3v) is 4.47. The molecule has 0 radical (unpaired) electrons. The topological polar surface area (TPSA) is 104 Å². The minimum absolute atomic E-state index is 0. The van der Waals surface area contributed by atoms with E-state index in [1.54, 1.807) is 0 Å². The van der Waals surface area contributed by atoms with Crippen LogP contribution in [0.3, 0.4) is 0 Å². The second-order valence-corrected chi connectivity index (χ2v) is 6.15. The van der Waals surface area contributed by atoms with E-state index in [9.17, 15) is 4.79 Å². The molecule has 8 nitrogen and oxygen atoms in total. The Hall–Kier alpha value is -2.42. The number of carbonyl (C=O) groups is 1. The van der Waals surface area contributed by atoms with E-state index in [4.69, 9.17) is 10.3 Å². The molecule has 1 aliphatic heterocycles. The van der Waals surface area contributed by atoms with E-state index in [1.165, 1.54) is 0 Å². The predicted molar refractivity (Wildman–Crippen MR) is 98.9 cm³/mol. The first-order valence-corrected chi connectivity index (χ1v) is 8.34. The Bertz CT molecular complexity index is 851. The number of aromatic amines is 1. The lowest BCUT2D eigenvalue weighted by molar-refractivity contribution is 0.0619. The molecule has 2 aromatic heterocycles. The monoisotopic (exact) mass is 376 g/mol. The molecule has 1 aromatic carbocycles. The molecule has 0 atom stereocenters. The number of piperazine rings is 1. The molecule has 1 aliphatic rings. The zero-order chi connectivity index (χ0) is 17.2. The first-order chi connectivity index (χ1) is 12.2. The maximum Gasteiger partial charge on any atom is 0.270 e. The lowest BCUT2D eigenvalue weighted by Gasteiger charge is -2.33. The van der Waals surface area contributed by atoms with Crippen LogP contribution in [-0.2, 0) is 13.1 Å². The highest BCUT2D eigenvalue weighted by Gasteiger charge is 2.24. The number of benzene rings is 1. The number of H-pyrrole nitrogens is 1. The molecule has 3 heterocycles. The lowest BCUT2D eigenvalue weighted by Crippen LogP contribution is -2.48. The maximum absolute atomic E-state index is 12.7. The SMILES string of the molecule is Cl.NCc1nc(CN2CCN(C(=O)c3cc4ccccc4[nH]3)CC2)no1. The molecule has 1 amide bonds. The summed E-state index contributed by atoms with van der Waals surface area (Å²) in [7, 11) is 0. The van der Waals surface area contributed by atoms with Gasteiger partial charge in [0.1, 0.15) is 5.69 Å². The highest BCUT2D eigenvalue weighted by molar-refractivity contribution is 5.98. The molecule has 4 rings (SSSR count). The van der Waals surface area contributed by atoms with Crippen LogP contribution in [0.4, 0.5) is 0 Å². The number of nitrogens with one attached hydrogen (secondary N) is 1. The second-order valence-electron chi connectivity index (χ2n) is 6.15. The fraction of sp³-hybridized carbons (Fsp3) is 0.353. The van der Waals surface area contributed by atoms with Gasteiger partial charge in [-0.1, -0.05) is 23.4 Å². The van der Waals surface area contributed by atoms with Gasteiger partial charge in [-0.05, 0) is 12.1 Å². The van der Waals surface area contributed by atoms with Crippen molar-refractivity contribution in [3.05, 3.63) is 47.7 Å². The van der Waals surface area contributed by atoms with Crippen molar-refractivity contribution in [2.45, 2.75) is 13.1 Å². The number of nitrogens with two attached hydrogens (primary N) is 1. The summed E-state index contributed by atoms with van der Waals surface area (Å²) in [4.78, 5) is 24.2. The zero-order valence-electron chi connectivity index (χ0n) is 14.2. The molecule has 0 bridgehead atoms. The first-order valence-electron chi connectivity index (χ1n) is 8.34. The number of para-hydroxylation sites is 1. The van der Waals surface area contributed by atoms with Gasteiger partial charge in [0.15, 0.2) is 5.82 Å². The molecule has 3 aromatic rings. The highest BCUT2D eigenvalue weighted by Crippen LogP contribution is 2.17. The molecule has 1 fully saturated rings. The molecule has 0 unspecified atom stereocenters. The minimum atomic E-state index is 0. The molecule has 1 saturated heterocycles. The Balaban J connectivity index is 0.00000196. The predicted octanol–water partition coefficient (Wildman–Crippen LogP) is 1.39. The number of amides is 1. The van der Waals surface area contributed by atoms with Gasteiger partial charge in [-0.2, -0.15) is 4.98 Å². The van der Waals surface area contributed by atoms with Gasteiger partial charge in [-0.15, -0.1) is 12.4 Å². The third kappa shape index (κ3) is 3.72. The summed E-state index contributed by atoms with van der Waals surface area (Å²) < 4.78 is 5.02. The van der Waals surface area contributed by atoms with Gasteiger partial charge in [0, 0.05) is 37.1 Å². The van der Waals surface area contributed by atoms with E-state index in [-0.39, 0.29) is 24.9 Å². The molecule has 3 N–H and O–H groups in total. The van der Waals surface area contributed by atoms with Crippen LogP contribution in [-0.4, -0.2) is 57.0 Å². The number of fused-ring (bicyclic) bond motifs is 1. The van der Waals surface area contributed by atoms with Crippen LogP contribution >= 0.6 is 12.4 Å². The van der Waals surface area contributed by atoms with Gasteiger partial charge < -0.3 is 20.1 Å². The zero-order valence-corrected chi connectivity index (χ0v) is 15.0. The smallest absolute Gasteiger partial charge is 0.270 e. The van der Waals surface area contributed by atoms with Crippen LogP contribution in [0.5, 0.6) is 0 Å². The molecule has 0 aliphatic carbocycles. The molecule has 0 spiro atoms. The van der Waals surface area contributed by atoms with Crippen LogP contribution in [0.2, 0.25) is 0 Å². The van der Waals surface area contributed by atoms with Crippen molar-refractivity contribution >= 4 is 29.2 Å². The van der Waals surface area contributed by atoms with Crippen LogP contribution in [0.25, 0.3) is 10.9 Å². The van der Waals surface area contributed by atoms with Crippen LogP contribution in [0, 0.1) is 0 Å². The third-order valence-electron chi connectivity index (χ3n) is 4.47. The van der Waals surface area contributed by atoms with E-state index in [0.29, 0.717) is 37.0 Å². The first kappa shape index (κ1) is 18.4. The van der Waals surface area contributed by atoms with Crippen LogP contribution in [0.1, 0.15) is 22.2 Å². The number of halogens is 1. The van der Waals surface area contributed by atoms with Crippen molar-refractivity contribution < 1.29 is 9.32 Å². The van der Waals surface area contributed by atoms with Gasteiger partial charge in [0.2, 0.25) is 5.89 Å². The quantitative estimate of drug-likeness (QED) is 0.713. The fourth-order valence-electron chi connectivity index (χ4n) is 3.11. The number of aromatic nitrogens is 3. The maximum atomic E-state index is 12.7. The molecular formula is C17H21ClN6O2. The summed E-state index contributed by atoms with van der Waals surface area (Å²) in [6.45, 7) is 3.76. The van der Waals surface area contributed by atoms with Gasteiger partial charge >= 0.3 is 0 Å². The Labute approximate surface area is 156 Å². The van der Waals surface area contributed by atoms with Crippen molar-refractivity contribution in [1.29, 1.82) is 0 Å². The summed E-state index contributed by atoms with van der Waals surface area (Å²) in [6, 6.07) is 9.82. The number of nitrogens with zero attached hydrogens (tertiary/aromatic N) is 4. The number of hydrogen-bond acceptors (Lipinski definition) is 6. The molecule has 0 saturated carbocycles. The van der Waals surface area contributed by atoms with Gasteiger partial charge in [0.25, 0.3) is 5.91 Å². The average molecular weight is 377 g/mol. The normalized spacial score (nSPS) is 15.2.